The number of benzene rings is 1. The lowest BCUT2D eigenvalue weighted by Gasteiger charge is -2.07. The molecule has 0 saturated heterocycles. The molecule has 0 atom stereocenters. The number of thiophene rings is 1. The zero-order chi connectivity index (χ0) is 14.2. The van der Waals surface area contributed by atoms with E-state index in [4.69, 9.17) is 4.74 Å². The van der Waals surface area contributed by atoms with Crippen LogP contribution in [0.5, 0.6) is 5.75 Å². The predicted octanol–water partition coefficient (Wildman–Crippen LogP) is 3.64. The Hall–Kier alpha value is -1.33. The van der Waals surface area contributed by atoms with Crippen LogP contribution >= 0.6 is 27.3 Å². The first-order valence-electron chi connectivity index (χ1n) is 6.40. The number of hydrogen-bond donors (Lipinski definition) is 1. The standard InChI is InChI=1S/C15H16BrNO2S/c16-13-2-1-3-14(10-13)19-8-7-17-15(18)5-4-12-6-9-20-11-12/h1-3,6,9-11H,4-5,7-8H2,(H,17,18). The molecule has 0 spiro atoms. The van der Waals surface area contributed by atoms with Gasteiger partial charge in [0.25, 0.3) is 0 Å². The molecule has 1 amide bonds. The Morgan fingerprint density at radius 1 is 1.35 bits per heavy atom. The second-order valence-corrected chi connectivity index (χ2v) is 5.98. The molecule has 0 unspecified atom stereocenters. The van der Waals surface area contributed by atoms with Crippen LogP contribution in [0.25, 0.3) is 0 Å². The van der Waals surface area contributed by atoms with Gasteiger partial charge in [0, 0.05) is 10.9 Å². The summed E-state index contributed by atoms with van der Waals surface area (Å²) in [7, 11) is 0. The molecule has 1 aromatic carbocycles. The van der Waals surface area contributed by atoms with E-state index >= 15 is 0 Å². The molecule has 0 aliphatic carbocycles. The largest absolute Gasteiger partial charge is 0.492 e. The summed E-state index contributed by atoms with van der Waals surface area (Å²) in [5.41, 5.74) is 1.22. The zero-order valence-corrected chi connectivity index (χ0v) is 13.4. The topological polar surface area (TPSA) is 38.3 Å². The summed E-state index contributed by atoms with van der Waals surface area (Å²) in [6.45, 7) is 0.996. The number of rotatable bonds is 7. The van der Waals surface area contributed by atoms with Crippen LogP contribution in [-0.4, -0.2) is 19.1 Å². The molecule has 0 fully saturated rings. The minimum absolute atomic E-state index is 0.0639. The van der Waals surface area contributed by atoms with Gasteiger partial charge in [0.05, 0.1) is 6.54 Å². The quantitative estimate of drug-likeness (QED) is 0.771. The lowest BCUT2D eigenvalue weighted by molar-refractivity contribution is -0.121. The zero-order valence-electron chi connectivity index (χ0n) is 11.0. The molecule has 5 heteroatoms. The summed E-state index contributed by atoms with van der Waals surface area (Å²) in [6, 6.07) is 9.70. The van der Waals surface area contributed by atoms with Crippen LogP contribution in [0.4, 0.5) is 0 Å². The Morgan fingerprint density at radius 2 is 2.25 bits per heavy atom. The molecule has 0 saturated carbocycles. The minimum Gasteiger partial charge on any atom is -0.492 e. The third-order valence-electron chi connectivity index (χ3n) is 2.71. The monoisotopic (exact) mass is 353 g/mol. The number of nitrogens with one attached hydrogen (secondary N) is 1. The fraction of sp³-hybridized carbons (Fsp3) is 0.267. The molecule has 0 aliphatic rings. The highest BCUT2D eigenvalue weighted by molar-refractivity contribution is 9.10. The van der Waals surface area contributed by atoms with E-state index in [1.807, 2.05) is 35.7 Å². The fourth-order valence-corrected chi connectivity index (χ4v) is 2.78. The van der Waals surface area contributed by atoms with E-state index in [-0.39, 0.29) is 5.91 Å². The second-order valence-electron chi connectivity index (χ2n) is 4.29. The smallest absolute Gasteiger partial charge is 0.220 e. The average molecular weight is 354 g/mol. The van der Waals surface area contributed by atoms with Crippen LogP contribution in [0.1, 0.15) is 12.0 Å². The SMILES string of the molecule is O=C(CCc1ccsc1)NCCOc1cccc(Br)c1. The first kappa shape index (κ1) is 15.1. The Morgan fingerprint density at radius 3 is 3.00 bits per heavy atom. The van der Waals surface area contributed by atoms with Crippen molar-refractivity contribution in [2.45, 2.75) is 12.8 Å². The highest BCUT2D eigenvalue weighted by Crippen LogP contribution is 2.17. The highest BCUT2D eigenvalue weighted by atomic mass is 79.9. The second kappa shape index (κ2) is 8.07. The third-order valence-corrected chi connectivity index (χ3v) is 3.94. The summed E-state index contributed by atoms with van der Waals surface area (Å²) in [5.74, 6) is 0.862. The molecule has 2 aromatic rings. The van der Waals surface area contributed by atoms with Gasteiger partial charge >= 0.3 is 0 Å². The first-order valence-corrected chi connectivity index (χ1v) is 8.14. The van der Waals surface area contributed by atoms with Gasteiger partial charge in [-0.15, -0.1) is 0 Å². The van der Waals surface area contributed by atoms with Crippen molar-refractivity contribution in [2.24, 2.45) is 0 Å². The summed E-state index contributed by atoms with van der Waals surface area (Å²) < 4.78 is 6.53. The number of carbonyl (C=O) groups is 1. The highest BCUT2D eigenvalue weighted by Gasteiger charge is 2.02. The van der Waals surface area contributed by atoms with Crippen molar-refractivity contribution >= 4 is 33.2 Å². The summed E-state index contributed by atoms with van der Waals surface area (Å²) in [6.07, 6.45) is 1.31. The van der Waals surface area contributed by atoms with E-state index in [1.54, 1.807) is 11.3 Å². The number of aryl methyl sites for hydroxylation is 1. The lowest BCUT2D eigenvalue weighted by Crippen LogP contribution is -2.28. The van der Waals surface area contributed by atoms with Crippen LogP contribution in [0.15, 0.2) is 45.6 Å². The maximum absolute atomic E-state index is 11.6. The average Bonchev–Trinajstić information content (AvgIpc) is 2.95. The molecule has 2 rings (SSSR count). The van der Waals surface area contributed by atoms with Crippen LogP contribution in [0.2, 0.25) is 0 Å². The van der Waals surface area contributed by atoms with Crippen molar-refractivity contribution in [3.63, 3.8) is 0 Å². The summed E-state index contributed by atoms with van der Waals surface area (Å²) in [5, 5.41) is 6.96. The minimum atomic E-state index is 0.0639. The summed E-state index contributed by atoms with van der Waals surface area (Å²) in [4.78, 5) is 11.6. The van der Waals surface area contributed by atoms with E-state index in [2.05, 4.69) is 26.6 Å². The van der Waals surface area contributed by atoms with E-state index in [0.29, 0.717) is 19.6 Å². The van der Waals surface area contributed by atoms with Crippen LogP contribution in [-0.2, 0) is 11.2 Å². The molecule has 106 valence electrons. The molecule has 0 radical (unpaired) electrons. The van der Waals surface area contributed by atoms with Gasteiger partial charge in [0.2, 0.25) is 5.91 Å². The molecule has 1 heterocycles. The Balaban J connectivity index is 1.59. The van der Waals surface area contributed by atoms with E-state index in [1.165, 1.54) is 5.56 Å². The molecular formula is C15H16BrNO2S. The maximum Gasteiger partial charge on any atom is 0.220 e. The summed E-state index contributed by atoms with van der Waals surface area (Å²) >= 11 is 5.04. The van der Waals surface area contributed by atoms with Crippen molar-refractivity contribution in [1.29, 1.82) is 0 Å². The van der Waals surface area contributed by atoms with Gasteiger partial charge in [-0.2, -0.15) is 11.3 Å². The normalized spacial score (nSPS) is 10.2. The lowest BCUT2D eigenvalue weighted by atomic mass is 10.2. The van der Waals surface area contributed by atoms with Crippen molar-refractivity contribution in [1.82, 2.24) is 5.32 Å². The van der Waals surface area contributed by atoms with Gasteiger partial charge in [-0.05, 0) is 47.0 Å². The molecular weight excluding hydrogens is 338 g/mol. The van der Waals surface area contributed by atoms with Crippen molar-refractivity contribution in [3.8, 4) is 5.75 Å². The third kappa shape index (κ3) is 5.35. The number of hydrogen-bond acceptors (Lipinski definition) is 3. The predicted molar refractivity (Wildman–Crippen MR) is 85.3 cm³/mol. The van der Waals surface area contributed by atoms with E-state index < -0.39 is 0 Å². The van der Waals surface area contributed by atoms with Gasteiger partial charge in [-0.1, -0.05) is 22.0 Å². The van der Waals surface area contributed by atoms with Crippen LogP contribution < -0.4 is 10.1 Å². The maximum atomic E-state index is 11.6. The van der Waals surface area contributed by atoms with Crippen molar-refractivity contribution < 1.29 is 9.53 Å². The molecule has 0 bridgehead atoms. The Labute approximate surface area is 131 Å². The molecule has 1 N–H and O–H groups in total. The number of amides is 1. The number of halogens is 1. The van der Waals surface area contributed by atoms with Crippen molar-refractivity contribution in [3.05, 3.63) is 51.1 Å². The fourth-order valence-electron chi connectivity index (χ4n) is 1.70. The Bertz CT molecular complexity index is 543. The number of carbonyl (C=O) groups excluding carboxylic acids is 1. The van der Waals surface area contributed by atoms with Gasteiger partial charge in [0.15, 0.2) is 0 Å². The molecule has 1 aromatic heterocycles. The van der Waals surface area contributed by atoms with Gasteiger partial charge in [0.1, 0.15) is 12.4 Å². The molecule has 3 nitrogen and oxygen atoms in total. The van der Waals surface area contributed by atoms with Crippen LogP contribution in [0.3, 0.4) is 0 Å². The van der Waals surface area contributed by atoms with Crippen LogP contribution in [0, 0.1) is 0 Å². The van der Waals surface area contributed by atoms with Gasteiger partial charge in [-0.3, -0.25) is 4.79 Å². The van der Waals surface area contributed by atoms with Gasteiger partial charge in [-0.25, -0.2) is 0 Å². The molecule has 0 aliphatic heterocycles. The first-order chi connectivity index (χ1) is 9.74. The molecule has 20 heavy (non-hydrogen) atoms. The van der Waals surface area contributed by atoms with Crippen molar-refractivity contribution in [2.75, 3.05) is 13.2 Å². The van der Waals surface area contributed by atoms with E-state index in [0.717, 1.165) is 16.6 Å². The van der Waals surface area contributed by atoms with E-state index in [9.17, 15) is 4.79 Å². The van der Waals surface area contributed by atoms with Gasteiger partial charge < -0.3 is 10.1 Å². The Kier molecular flexibility index (Phi) is 6.08. The number of ether oxygens (including phenoxy) is 1.